The Morgan fingerprint density at radius 3 is 1.39 bits per heavy atom. The first-order valence-corrected chi connectivity index (χ1v) is 12.9. The summed E-state index contributed by atoms with van der Waals surface area (Å²) >= 11 is 0. The highest BCUT2D eigenvalue weighted by atomic mass is 16.7. The fraction of sp³-hybridized carbons (Fsp3) is 0.731. The Morgan fingerprint density at radius 2 is 1.00 bits per heavy atom. The molecule has 1 N–H and O–H groups in total. The summed E-state index contributed by atoms with van der Waals surface area (Å²) in [4.78, 5) is 59.3. The molecule has 0 saturated heterocycles. The van der Waals surface area contributed by atoms with Crippen LogP contribution in [0.5, 0.6) is 0 Å². The highest BCUT2D eigenvalue weighted by Gasteiger charge is 2.35. The van der Waals surface area contributed by atoms with Gasteiger partial charge in [0.05, 0.1) is 23.7 Å². The quantitative estimate of drug-likeness (QED) is 0.213. The number of rotatable bonds is 9. The van der Waals surface area contributed by atoms with Crippen LogP contribution in [0, 0.1) is 23.7 Å². The Morgan fingerprint density at radius 1 is 0.611 bits per heavy atom. The van der Waals surface area contributed by atoms with E-state index in [0.717, 1.165) is 6.08 Å². The molecule has 0 amide bonds. The van der Waals surface area contributed by atoms with E-state index in [1.807, 2.05) is 0 Å². The Hall–Kier alpha value is -2.91. The predicted octanol–water partition coefficient (Wildman–Crippen LogP) is 3.31. The van der Waals surface area contributed by atoms with Crippen molar-refractivity contribution in [1.29, 1.82) is 0 Å². The molecule has 3 fully saturated rings. The van der Waals surface area contributed by atoms with Crippen LogP contribution >= 0.6 is 0 Å². The van der Waals surface area contributed by atoms with Crippen LogP contribution in [0.4, 0.5) is 0 Å². The van der Waals surface area contributed by atoms with Gasteiger partial charge in [0, 0.05) is 6.08 Å². The minimum atomic E-state index is -0.797. The van der Waals surface area contributed by atoms with E-state index in [1.165, 1.54) is 0 Å². The zero-order valence-electron chi connectivity index (χ0n) is 20.6. The van der Waals surface area contributed by atoms with Crippen LogP contribution in [0.3, 0.4) is 0 Å². The minimum Gasteiger partial charge on any atom is -0.481 e. The van der Waals surface area contributed by atoms with Crippen LogP contribution in [0.25, 0.3) is 0 Å². The van der Waals surface area contributed by atoms with Gasteiger partial charge in [-0.05, 0) is 77.0 Å². The van der Waals surface area contributed by atoms with Gasteiger partial charge in [-0.1, -0.05) is 6.58 Å². The highest BCUT2D eigenvalue weighted by molar-refractivity contribution is 5.81. The van der Waals surface area contributed by atoms with E-state index < -0.39 is 24.7 Å². The molecule has 0 unspecified atom stereocenters. The van der Waals surface area contributed by atoms with Gasteiger partial charge in [0.2, 0.25) is 6.79 Å². The number of carbonyl (C=O) groups is 5. The van der Waals surface area contributed by atoms with Crippen LogP contribution in [0.15, 0.2) is 12.7 Å². The van der Waals surface area contributed by atoms with Crippen LogP contribution in [0.1, 0.15) is 77.0 Å². The molecule has 200 valence electrons. The van der Waals surface area contributed by atoms with Crippen molar-refractivity contribution in [2.24, 2.45) is 23.7 Å². The van der Waals surface area contributed by atoms with Crippen LogP contribution in [0.2, 0.25) is 0 Å². The normalized spacial score (nSPS) is 30.3. The van der Waals surface area contributed by atoms with Gasteiger partial charge in [0.25, 0.3) is 0 Å². The first kappa shape index (κ1) is 27.7. The lowest BCUT2D eigenvalue weighted by molar-refractivity contribution is -0.170. The van der Waals surface area contributed by atoms with Crippen molar-refractivity contribution >= 4 is 29.8 Å². The molecule has 36 heavy (non-hydrogen) atoms. The topological polar surface area (TPSA) is 142 Å². The molecule has 0 aromatic heterocycles. The molecule has 3 saturated carbocycles. The van der Waals surface area contributed by atoms with E-state index in [4.69, 9.17) is 19.3 Å². The maximum Gasteiger partial charge on any atom is 0.333 e. The van der Waals surface area contributed by atoms with Crippen molar-refractivity contribution in [3.8, 4) is 0 Å². The lowest BCUT2D eigenvalue weighted by atomic mass is 9.82. The summed E-state index contributed by atoms with van der Waals surface area (Å²) in [5, 5.41) is 9.09. The molecule has 0 aromatic carbocycles. The Labute approximate surface area is 210 Å². The molecule has 0 atom stereocenters. The first-order valence-electron chi connectivity index (χ1n) is 12.9. The van der Waals surface area contributed by atoms with Crippen LogP contribution in [-0.2, 0) is 42.9 Å². The Balaban J connectivity index is 1.30. The number of carbonyl (C=O) groups excluding carboxylic acids is 4. The average Bonchev–Trinajstić information content (AvgIpc) is 2.89. The second kappa shape index (κ2) is 13.4. The van der Waals surface area contributed by atoms with Crippen molar-refractivity contribution in [1.82, 2.24) is 0 Å². The zero-order chi connectivity index (χ0) is 26.1. The fourth-order valence-electron chi connectivity index (χ4n) is 5.25. The summed E-state index contributed by atoms with van der Waals surface area (Å²) < 4.78 is 21.0. The molecular weight excluding hydrogens is 472 g/mol. The number of carboxylic acid groups (broad SMARTS) is 1. The average molecular weight is 509 g/mol. The molecule has 0 bridgehead atoms. The Bertz CT molecular complexity index is 813. The van der Waals surface area contributed by atoms with E-state index in [2.05, 4.69) is 11.3 Å². The second-order valence-electron chi connectivity index (χ2n) is 9.96. The zero-order valence-corrected chi connectivity index (χ0v) is 20.6. The summed E-state index contributed by atoms with van der Waals surface area (Å²) in [5.41, 5.74) is 0. The van der Waals surface area contributed by atoms with Gasteiger partial charge in [0.15, 0.2) is 0 Å². The summed E-state index contributed by atoms with van der Waals surface area (Å²) in [6, 6.07) is 0. The molecule has 3 aliphatic rings. The van der Waals surface area contributed by atoms with Crippen molar-refractivity contribution in [2.75, 3.05) is 6.79 Å². The molecule has 0 heterocycles. The molecule has 0 radical (unpaired) electrons. The molecule has 0 spiro atoms. The van der Waals surface area contributed by atoms with Gasteiger partial charge in [-0.25, -0.2) is 4.79 Å². The number of hydrogen-bond donors (Lipinski definition) is 1. The lowest BCUT2D eigenvalue weighted by Gasteiger charge is -2.32. The van der Waals surface area contributed by atoms with E-state index in [0.29, 0.717) is 77.0 Å². The van der Waals surface area contributed by atoms with Crippen LogP contribution < -0.4 is 0 Å². The predicted molar refractivity (Wildman–Crippen MR) is 124 cm³/mol. The SMILES string of the molecule is C=CC(=O)OCOC(=O)C1CCC(C(=O)OC2CCC(OC(=O)C3CCC(C(=O)O)CC3)CC2)CC1. The molecule has 10 nitrogen and oxygen atoms in total. The van der Waals surface area contributed by atoms with Gasteiger partial charge in [-0.3, -0.25) is 19.2 Å². The van der Waals surface area contributed by atoms with E-state index >= 15 is 0 Å². The monoisotopic (exact) mass is 508 g/mol. The van der Waals surface area contributed by atoms with E-state index in [9.17, 15) is 24.0 Å². The molecule has 3 aliphatic carbocycles. The third kappa shape index (κ3) is 8.06. The van der Waals surface area contributed by atoms with Gasteiger partial charge in [-0.2, -0.15) is 0 Å². The van der Waals surface area contributed by atoms with Crippen molar-refractivity contribution in [3.05, 3.63) is 12.7 Å². The van der Waals surface area contributed by atoms with E-state index in [1.54, 1.807) is 0 Å². The fourth-order valence-corrected chi connectivity index (χ4v) is 5.25. The molecule has 3 rings (SSSR count). The molecule has 0 aliphatic heterocycles. The second-order valence-corrected chi connectivity index (χ2v) is 9.96. The molecule has 10 heteroatoms. The van der Waals surface area contributed by atoms with Crippen molar-refractivity contribution in [3.63, 3.8) is 0 Å². The lowest BCUT2D eigenvalue weighted by Crippen LogP contribution is -2.35. The number of hydrogen-bond acceptors (Lipinski definition) is 9. The standard InChI is InChI=1S/C26H36O10/c1-2-22(27)33-15-34-24(30)17-7-9-19(10-8-17)26(32)36-21-13-11-20(12-14-21)35-25(31)18-5-3-16(4-6-18)23(28)29/h2,16-21H,1,3-15H2,(H,28,29). The summed E-state index contributed by atoms with van der Waals surface area (Å²) in [6.07, 6.45) is 7.26. The number of esters is 4. The maximum atomic E-state index is 12.6. The van der Waals surface area contributed by atoms with Gasteiger partial charge >= 0.3 is 29.8 Å². The third-order valence-electron chi connectivity index (χ3n) is 7.56. The van der Waals surface area contributed by atoms with Crippen LogP contribution in [-0.4, -0.2) is 54.0 Å². The summed E-state index contributed by atoms with van der Waals surface area (Å²) in [6.45, 7) is 2.81. The maximum absolute atomic E-state index is 12.6. The number of carboxylic acids is 1. The van der Waals surface area contributed by atoms with Crippen molar-refractivity contribution < 1.29 is 48.0 Å². The highest BCUT2D eigenvalue weighted by Crippen LogP contribution is 2.33. The molecular formula is C26H36O10. The third-order valence-corrected chi connectivity index (χ3v) is 7.56. The number of ether oxygens (including phenoxy) is 4. The van der Waals surface area contributed by atoms with Gasteiger partial charge in [-0.15, -0.1) is 0 Å². The summed E-state index contributed by atoms with van der Waals surface area (Å²) in [5.74, 6) is -3.59. The van der Waals surface area contributed by atoms with Gasteiger partial charge < -0.3 is 24.1 Å². The van der Waals surface area contributed by atoms with Crippen molar-refractivity contribution in [2.45, 2.75) is 89.3 Å². The largest absolute Gasteiger partial charge is 0.481 e. The Kier molecular flexibility index (Phi) is 10.3. The number of aliphatic carboxylic acids is 1. The van der Waals surface area contributed by atoms with E-state index in [-0.39, 0.29) is 47.8 Å². The minimum absolute atomic E-state index is 0.197. The van der Waals surface area contributed by atoms with Gasteiger partial charge in [0.1, 0.15) is 12.2 Å². The first-order chi connectivity index (χ1) is 17.3. The molecule has 0 aromatic rings. The summed E-state index contributed by atoms with van der Waals surface area (Å²) in [7, 11) is 0. The smallest absolute Gasteiger partial charge is 0.333 e.